The summed E-state index contributed by atoms with van der Waals surface area (Å²) in [5, 5.41) is 17.9. The Bertz CT molecular complexity index is 574. The summed E-state index contributed by atoms with van der Waals surface area (Å²) in [5.41, 5.74) is 0. The average Bonchev–Trinajstić information content (AvgIpc) is 2.33. The van der Waals surface area contributed by atoms with Crippen LogP contribution in [0.15, 0.2) is 0 Å². The zero-order valence-electron chi connectivity index (χ0n) is 12.3. The third-order valence-corrected chi connectivity index (χ3v) is 8.21. The summed E-state index contributed by atoms with van der Waals surface area (Å²) in [7, 11) is -8.81. The lowest BCUT2D eigenvalue weighted by atomic mass is 9.59. The van der Waals surface area contributed by atoms with E-state index in [-0.39, 0.29) is 12.8 Å². The van der Waals surface area contributed by atoms with Crippen molar-refractivity contribution in [2.75, 3.05) is 0 Å². The molecule has 2 saturated carbocycles. The molecule has 6 unspecified atom stereocenters. The molecule has 22 heavy (non-hydrogen) atoms. The minimum absolute atomic E-state index is 0.207. The van der Waals surface area contributed by atoms with Crippen molar-refractivity contribution in [1.82, 2.24) is 0 Å². The number of fused-ring (bicyclic) bond motifs is 1. The van der Waals surface area contributed by atoms with Gasteiger partial charge in [-0.15, -0.1) is 0 Å². The molecule has 4 N–H and O–H groups in total. The van der Waals surface area contributed by atoms with E-state index in [1.165, 1.54) is 0 Å². The van der Waals surface area contributed by atoms with E-state index in [2.05, 4.69) is 0 Å². The SMILES string of the molecule is CC1C2C(C)C(S(=O)(=O)O)CC(O)C2C(O)CC1S(=O)(=O)O. The van der Waals surface area contributed by atoms with E-state index in [0.29, 0.717) is 0 Å². The first-order chi connectivity index (χ1) is 9.85. The van der Waals surface area contributed by atoms with Crippen molar-refractivity contribution in [2.24, 2.45) is 23.7 Å². The van der Waals surface area contributed by atoms with Gasteiger partial charge in [0.05, 0.1) is 22.7 Å². The third-order valence-electron chi connectivity index (χ3n) is 5.43. The molecule has 0 saturated heterocycles. The van der Waals surface area contributed by atoms with Crippen molar-refractivity contribution in [3.05, 3.63) is 0 Å². The molecule has 0 aromatic carbocycles. The summed E-state index contributed by atoms with van der Waals surface area (Å²) in [5.74, 6) is -2.64. The summed E-state index contributed by atoms with van der Waals surface area (Å²) >= 11 is 0. The summed E-state index contributed by atoms with van der Waals surface area (Å²) < 4.78 is 64.7. The van der Waals surface area contributed by atoms with Crippen LogP contribution in [0, 0.1) is 23.7 Å². The fraction of sp³-hybridized carbons (Fsp3) is 1.00. The van der Waals surface area contributed by atoms with Gasteiger partial charge in [0.25, 0.3) is 20.2 Å². The normalized spacial score (nSPS) is 47.0. The second-order valence-corrected chi connectivity index (χ2v) is 9.86. The highest BCUT2D eigenvalue weighted by atomic mass is 32.2. The fourth-order valence-corrected chi connectivity index (χ4v) is 6.78. The number of hydrogen-bond donors (Lipinski definition) is 4. The standard InChI is InChI=1S/C12H22O8S2/c1-5-9(21(15,16)17)3-7(13)12-8(14)4-10(22(18,19)20)6(2)11(5)12/h5-14H,3-4H2,1-2H3,(H,15,16,17)(H,18,19,20). The molecule has 0 amide bonds. The zero-order valence-corrected chi connectivity index (χ0v) is 13.9. The minimum atomic E-state index is -4.41. The first kappa shape index (κ1) is 18.1. The second kappa shape index (κ2) is 5.67. The molecule has 2 aliphatic carbocycles. The Labute approximate surface area is 130 Å². The van der Waals surface area contributed by atoms with Crippen LogP contribution in [0.2, 0.25) is 0 Å². The van der Waals surface area contributed by atoms with E-state index >= 15 is 0 Å². The fourth-order valence-electron chi connectivity index (χ4n) is 4.45. The molecule has 2 rings (SSSR count). The van der Waals surface area contributed by atoms with Crippen LogP contribution in [0.3, 0.4) is 0 Å². The molecule has 0 heterocycles. The van der Waals surface area contributed by atoms with Gasteiger partial charge in [-0.3, -0.25) is 9.11 Å². The van der Waals surface area contributed by atoms with Crippen LogP contribution in [-0.4, -0.2) is 58.9 Å². The van der Waals surface area contributed by atoms with Gasteiger partial charge in [0.1, 0.15) is 0 Å². The van der Waals surface area contributed by atoms with Crippen LogP contribution in [0.1, 0.15) is 26.7 Å². The molecule has 2 fully saturated rings. The van der Waals surface area contributed by atoms with Crippen LogP contribution >= 0.6 is 0 Å². The molecule has 8 nitrogen and oxygen atoms in total. The molecule has 2 aliphatic rings. The molecule has 10 heteroatoms. The maximum Gasteiger partial charge on any atom is 0.268 e. The van der Waals surface area contributed by atoms with Crippen molar-refractivity contribution in [2.45, 2.75) is 49.4 Å². The molecule has 0 aliphatic heterocycles. The average molecular weight is 358 g/mol. The maximum absolute atomic E-state index is 11.5. The Morgan fingerprint density at radius 2 is 1.05 bits per heavy atom. The van der Waals surface area contributed by atoms with Crippen LogP contribution in [0.4, 0.5) is 0 Å². The van der Waals surface area contributed by atoms with Gasteiger partial charge in [-0.25, -0.2) is 0 Å². The monoisotopic (exact) mass is 358 g/mol. The van der Waals surface area contributed by atoms with Gasteiger partial charge in [0.2, 0.25) is 0 Å². The van der Waals surface area contributed by atoms with Crippen molar-refractivity contribution < 1.29 is 36.2 Å². The zero-order chi connectivity index (χ0) is 17.0. The van der Waals surface area contributed by atoms with E-state index in [0.717, 1.165) is 0 Å². The van der Waals surface area contributed by atoms with Gasteiger partial charge >= 0.3 is 0 Å². The van der Waals surface area contributed by atoms with E-state index in [1.54, 1.807) is 13.8 Å². The summed E-state index contributed by atoms with van der Waals surface area (Å²) in [4.78, 5) is 0. The molecule has 0 aromatic heterocycles. The Balaban J connectivity index is 2.45. The van der Waals surface area contributed by atoms with Crippen molar-refractivity contribution >= 4 is 20.2 Å². The molecule has 6 atom stereocenters. The Morgan fingerprint density at radius 1 is 0.727 bits per heavy atom. The van der Waals surface area contributed by atoms with Gasteiger partial charge < -0.3 is 10.2 Å². The van der Waals surface area contributed by atoms with Crippen molar-refractivity contribution in [3.8, 4) is 0 Å². The van der Waals surface area contributed by atoms with Gasteiger partial charge in [0, 0.05) is 5.92 Å². The Kier molecular flexibility index (Phi) is 4.66. The highest BCUT2D eigenvalue weighted by molar-refractivity contribution is 7.86. The first-order valence-electron chi connectivity index (χ1n) is 7.14. The van der Waals surface area contributed by atoms with Crippen molar-refractivity contribution in [1.29, 1.82) is 0 Å². The van der Waals surface area contributed by atoms with E-state index in [4.69, 9.17) is 0 Å². The van der Waals surface area contributed by atoms with Gasteiger partial charge in [0.15, 0.2) is 0 Å². The Hall–Kier alpha value is -0.260. The maximum atomic E-state index is 11.5. The van der Waals surface area contributed by atoms with Crippen LogP contribution in [-0.2, 0) is 20.2 Å². The summed E-state index contributed by atoms with van der Waals surface area (Å²) in [6.07, 6.45) is -2.73. The number of rotatable bonds is 2. The van der Waals surface area contributed by atoms with Gasteiger partial charge in [-0.1, -0.05) is 13.8 Å². The molecular formula is C12H22O8S2. The van der Waals surface area contributed by atoms with E-state index in [1.807, 2.05) is 0 Å². The number of aliphatic hydroxyl groups excluding tert-OH is 2. The van der Waals surface area contributed by atoms with Crippen LogP contribution in [0.25, 0.3) is 0 Å². The highest BCUT2D eigenvalue weighted by Crippen LogP contribution is 2.49. The predicted octanol–water partition coefficient (Wildman–Crippen LogP) is -0.467. The Morgan fingerprint density at radius 3 is 1.32 bits per heavy atom. The largest absolute Gasteiger partial charge is 0.393 e. The topological polar surface area (TPSA) is 149 Å². The smallest absolute Gasteiger partial charge is 0.268 e. The highest BCUT2D eigenvalue weighted by Gasteiger charge is 2.56. The van der Waals surface area contributed by atoms with Gasteiger partial charge in [-0.2, -0.15) is 16.8 Å². The van der Waals surface area contributed by atoms with Crippen molar-refractivity contribution in [3.63, 3.8) is 0 Å². The molecule has 0 radical (unpaired) electrons. The lowest BCUT2D eigenvalue weighted by Gasteiger charge is -2.52. The summed E-state index contributed by atoms with van der Waals surface area (Å²) in [6.45, 7) is 3.11. The summed E-state index contributed by atoms with van der Waals surface area (Å²) in [6, 6.07) is 0. The molecule has 0 aromatic rings. The quantitative estimate of drug-likeness (QED) is 0.484. The second-order valence-electron chi connectivity index (χ2n) is 6.59. The first-order valence-corrected chi connectivity index (χ1v) is 10.1. The molecule has 0 bridgehead atoms. The molecular weight excluding hydrogens is 336 g/mol. The lowest BCUT2D eigenvalue weighted by Crippen LogP contribution is -2.59. The lowest BCUT2D eigenvalue weighted by molar-refractivity contribution is -0.102. The van der Waals surface area contributed by atoms with Gasteiger partial charge in [-0.05, 0) is 30.6 Å². The van der Waals surface area contributed by atoms with Crippen LogP contribution in [0.5, 0.6) is 0 Å². The predicted molar refractivity (Wildman–Crippen MR) is 77.2 cm³/mol. The van der Waals surface area contributed by atoms with E-state index < -0.39 is 66.6 Å². The van der Waals surface area contributed by atoms with Crippen LogP contribution < -0.4 is 0 Å². The number of aliphatic hydroxyl groups is 2. The van der Waals surface area contributed by atoms with E-state index in [9.17, 15) is 36.2 Å². The molecule has 130 valence electrons. The molecule has 0 spiro atoms. The third kappa shape index (κ3) is 3.04. The number of hydrogen-bond acceptors (Lipinski definition) is 6. The minimum Gasteiger partial charge on any atom is -0.393 e.